The van der Waals surface area contributed by atoms with Gasteiger partial charge in [0.1, 0.15) is 0 Å². The molecule has 1 aromatic rings. The standard InChI is InChI=1S/C15H20ClNO3/c1-15(2)10-17(7-8-20-15)14(19)9-13(18)11-3-5-12(16)6-4-11/h3-6,13,18H,7-10H2,1-2H3. The maximum atomic E-state index is 12.2. The minimum Gasteiger partial charge on any atom is -0.388 e. The summed E-state index contributed by atoms with van der Waals surface area (Å²) in [5.41, 5.74) is 0.384. The summed E-state index contributed by atoms with van der Waals surface area (Å²) >= 11 is 5.80. The molecular formula is C15H20ClNO3. The number of aliphatic hydroxyl groups excluding tert-OH is 1. The number of carbonyl (C=O) groups excluding carboxylic acids is 1. The molecule has 1 heterocycles. The summed E-state index contributed by atoms with van der Waals surface area (Å²) in [7, 11) is 0. The number of hydrogen-bond acceptors (Lipinski definition) is 3. The molecule has 20 heavy (non-hydrogen) atoms. The fourth-order valence-corrected chi connectivity index (χ4v) is 2.45. The normalized spacial score (nSPS) is 19.7. The van der Waals surface area contributed by atoms with Gasteiger partial charge in [0.05, 0.1) is 24.7 Å². The van der Waals surface area contributed by atoms with Crippen LogP contribution >= 0.6 is 11.6 Å². The van der Waals surface area contributed by atoms with Gasteiger partial charge in [-0.3, -0.25) is 4.79 Å². The van der Waals surface area contributed by atoms with Gasteiger partial charge in [-0.1, -0.05) is 23.7 Å². The van der Waals surface area contributed by atoms with Crippen LogP contribution in [0.5, 0.6) is 0 Å². The van der Waals surface area contributed by atoms with Crippen molar-refractivity contribution in [3.63, 3.8) is 0 Å². The predicted octanol–water partition coefficient (Wildman–Crippen LogP) is 2.40. The molecule has 5 heteroatoms. The molecule has 1 saturated heterocycles. The summed E-state index contributed by atoms with van der Waals surface area (Å²) in [4.78, 5) is 14.0. The summed E-state index contributed by atoms with van der Waals surface area (Å²) in [6.07, 6.45) is -0.719. The lowest BCUT2D eigenvalue weighted by atomic mass is 10.0. The molecule has 1 amide bonds. The first-order valence-electron chi connectivity index (χ1n) is 6.73. The summed E-state index contributed by atoms with van der Waals surface area (Å²) in [6, 6.07) is 6.90. The Morgan fingerprint density at radius 2 is 2.10 bits per heavy atom. The second-order valence-corrected chi connectivity index (χ2v) is 6.13. The van der Waals surface area contributed by atoms with Crippen LogP contribution in [0, 0.1) is 0 Å². The number of halogens is 1. The maximum absolute atomic E-state index is 12.2. The highest BCUT2D eigenvalue weighted by molar-refractivity contribution is 6.30. The van der Waals surface area contributed by atoms with Crippen molar-refractivity contribution in [1.29, 1.82) is 0 Å². The van der Waals surface area contributed by atoms with Gasteiger partial charge >= 0.3 is 0 Å². The quantitative estimate of drug-likeness (QED) is 0.932. The van der Waals surface area contributed by atoms with Crippen molar-refractivity contribution in [2.75, 3.05) is 19.7 Å². The highest BCUT2D eigenvalue weighted by Crippen LogP contribution is 2.22. The van der Waals surface area contributed by atoms with Gasteiger partial charge in [0.15, 0.2) is 0 Å². The van der Waals surface area contributed by atoms with E-state index in [1.165, 1.54) is 0 Å². The fourth-order valence-electron chi connectivity index (χ4n) is 2.33. The number of benzene rings is 1. The van der Waals surface area contributed by atoms with Crippen molar-refractivity contribution in [3.8, 4) is 0 Å². The second-order valence-electron chi connectivity index (χ2n) is 5.69. The van der Waals surface area contributed by atoms with Crippen LogP contribution in [0.4, 0.5) is 0 Å². The molecular weight excluding hydrogens is 278 g/mol. The summed E-state index contributed by atoms with van der Waals surface area (Å²) in [5, 5.41) is 10.7. The largest absolute Gasteiger partial charge is 0.388 e. The van der Waals surface area contributed by atoms with Crippen molar-refractivity contribution in [2.45, 2.75) is 32.0 Å². The molecule has 1 aliphatic heterocycles. The Bertz CT molecular complexity index is 473. The first kappa shape index (κ1) is 15.3. The van der Waals surface area contributed by atoms with E-state index in [0.29, 0.717) is 30.3 Å². The monoisotopic (exact) mass is 297 g/mol. The van der Waals surface area contributed by atoms with E-state index in [0.717, 1.165) is 0 Å². The van der Waals surface area contributed by atoms with Crippen LogP contribution < -0.4 is 0 Å². The third kappa shape index (κ3) is 3.95. The van der Waals surface area contributed by atoms with E-state index >= 15 is 0 Å². The minimum absolute atomic E-state index is 0.0520. The smallest absolute Gasteiger partial charge is 0.225 e. The van der Waals surface area contributed by atoms with E-state index in [1.54, 1.807) is 29.2 Å². The molecule has 1 fully saturated rings. The van der Waals surface area contributed by atoms with E-state index in [2.05, 4.69) is 0 Å². The van der Waals surface area contributed by atoms with Crippen LogP contribution in [0.25, 0.3) is 0 Å². The summed E-state index contributed by atoms with van der Waals surface area (Å²) in [5.74, 6) is -0.0520. The average Bonchev–Trinajstić information content (AvgIpc) is 2.38. The zero-order valence-corrected chi connectivity index (χ0v) is 12.6. The molecule has 0 bridgehead atoms. The van der Waals surface area contributed by atoms with Gasteiger partial charge in [-0.15, -0.1) is 0 Å². The third-order valence-corrected chi connectivity index (χ3v) is 3.65. The van der Waals surface area contributed by atoms with E-state index in [-0.39, 0.29) is 17.9 Å². The molecule has 1 aromatic carbocycles. The van der Waals surface area contributed by atoms with Crippen LogP contribution in [0.3, 0.4) is 0 Å². The molecule has 1 aliphatic rings. The van der Waals surface area contributed by atoms with E-state index in [9.17, 15) is 9.90 Å². The van der Waals surface area contributed by atoms with Crippen molar-refractivity contribution in [2.24, 2.45) is 0 Å². The van der Waals surface area contributed by atoms with E-state index in [4.69, 9.17) is 16.3 Å². The molecule has 2 rings (SSSR count). The number of nitrogens with zero attached hydrogens (tertiary/aromatic N) is 1. The van der Waals surface area contributed by atoms with Gasteiger partial charge in [-0.05, 0) is 31.5 Å². The lowest BCUT2D eigenvalue weighted by Crippen LogP contribution is -2.50. The SMILES string of the molecule is CC1(C)CN(C(=O)CC(O)c2ccc(Cl)cc2)CCO1. The third-order valence-electron chi connectivity index (χ3n) is 3.40. The molecule has 1 unspecified atom stereocenters. The Morgan fingerprint density at radius 3 is 2.70 bits per heavy atom. The van der Waals surface area contributed by atoms with Crippen LogP contribution in [0.15, 0.2) is 24.3 Å². The molecule has 0 saturated carbocycles. The average molecular weight is 298 g/mol. The Kier molecular flexibility index (Phi) is 4.68. The summed E-state index contributed by atoms with van der Waals surface area (Å²) < 4.78 is 5.58. The molecule has 110 valence electrons. The van der Waals surface area contributed by atoms with Crippen molar-refractivity contribution in [3.05, 3.63) is 34.9 Å². The molecule has 1 atom stereocenters. The molecule has 0 radical (unpaired) electrons. The van der Waals surface area contributed by atoms with Crippen molar-refractivity contribution >= 4 is 17.5 Å². The molecule has 0 aliphatic carbocycles. The number of hydrogen-bond donors (Lipinski definition) is 1. The van der Waals surface area contributed by atoms with Gasteiger partial charge in [0.2, 0.25) is 5.91 Å². The lowest BCUT2D eigenvalue weighted by molar-refractivity contribution is -0.147. The van der Waals surface area contributed by atoms with Gasteiger partial charge < -0.3 is 14.7 Å². The van der Waals surface area contributed by atoms with Crippen molar-refractivity contribution < 1.29 is 14.6 Å². The van der Waals surface area contributed by atoms with Gasteiger partial charge in [0, 0.05) is 18.1 Å². The molecule has 0 aromatic heterocycles. The molecule has 4 nitrogen and oxygen atoms in total. The summed E-state index contributed by atoms with van der Waals surface area (Å²) in [6.45, 7) is 5.59. The maximum Gasteiger partial charge on any atom is 0.225 e. The topological polar surface area (TPSA) is 49.8 Å². The van der Waals surface area contributed by atoms with Crippen LogP contribution in [-0.4, -0.2) is 41.2 Å². The minimum atomic E-state index is -0.800. The number of morpholine rings is 1. The zero-order chi connectivity index (χ0) is 14.8. The van der Waals surface area contributed by atoms with Gasteiger partial charge in [0.25, 0.3) is 0 Å². The Morgan fingerprint density at radius 1 is 1.45 bits per heavy atom. The van der Waals surface area contributed by atoms with E-state index < -0.39 is 6.10 Å². The number of amides is 1. The van der Waals surface area contributed by atoms with Crippen LogP contribution in [-0.2, 0) is 9.53 Å². The highest BCUT2D eigenvalue weighted by atomic mass is 35.5. The second kappa shape index (κ2) is 6.12. The first-order valence-corrected chi connectivity index (χ1v) is 7.10. The van der Waals surface area contributed by atoms with Gasteiger partial charge in [-0.25, -0.2) is 0 Å². The number of rotatable bonds is 3. The van der Waals surface area contributed by atoms with Crippen LogP contribution in [0.2, 0.25) is 5.02 Å². The lowest BCUT2D eigenvalue weighted by Gasteiger charge is -2.38. The van der Waals surface area contributed by atoms with Gasteiger partial charge in [-0.2, -0.15) is 0 Å². The Balaban J connectivity index is 1.95. The number of ether oxygens (including phenoxy) is 1. The van der Waals surface area contributed by atoms with Crippen LogP contribution in [0.1, 0.15) is 31.9 Å². The fraction of sp³-hybridized carbons (Fsp3) is 0.533. The molecule has 1 N–H and O–H groups in total. The van der Waals surface area contributed by atoms with Crippen molar-refractivity contribution in [1.82, 2.24) is 4.90 Å². The first-order chi connectivity index (χ1) is 9.37. The number of aliphatic hydroxyl groups is 1. The zero-order valence-electron chi connectivity index (χ0n) is 11.8. The number of carbonyl (C=O) groups is 1. The predicted molar refractivity (Wildman–Crippen MR) is 77.6 cm³/mol. The Labute approximate surface area is 124 Å². The Hall–Kier alpha value is -1.10. The van der Waals surface area contributed by atoms with E-state index in [1.807, 2.05) is 13.8 Å². The molecule has 0 spiro atoms. The highest BCUT2D eigenvalue weighted by Gasteiger charge is 2.30.